The first-order chi connectivity index (χ1) is 16.7. The smallest absolute Gasteiger partial charge is 0.182 e. The van der Waals surface area contributed by atoms with E-state index in [-0.39, 0.29) is 0 Å². The summed E-state index contributed by atoms with van der Waals surface area (Å²) in [5, 5.41) is 10.0. The first kappa shape index (κ1) is 20.1. The SMILES string of the molecule is Cc1cccc(C)c1OCc1ccc(-c2nc3c4cnn(-c5ccccc5)c4ncn3n2)cc1. The molecule has 0 bridgehead atoms. The summed E-state index contributed by atoms with van der Waals surface area (Å²) in [6, 6.07) is 24.3. The van der Waals surface area contributed by atoms with Crippen LogP contribution in [-0.4, -0.2) is 29.4 Å². The van der Waals surface area contributed by atoms with E-state index in [9.17, 15) is 0 Å². The molecule has 0 saturated heterocycles. The molecule has 3 heterocycles. The van der Waals surface area contributed by atoms with Crippen LogP contribution in [0.1, 0.15) is 16.7 Å². The molecule has 0 aliphatic carbocycles. The Morgan fingerprint density at radius 2 is 1.59 bits per heavy atom. The lowest BCUT2D eigenvalue weighted by atomic mass is 10.1. The number of benzene rings is 3. The van der Waals surface area contributed by atoms with Crippen LogP contribution in [0.25, 0.3) is 33.8 Å². The van der Waals surface area contributed by atoms with E-state index < -0.39 is 0 Å². The van der Waals surface area contributed by atoms with Gasteiger partial charge in [0.2, 0.25) is 0 Å². The van der Waals surface area contributed by atoms with Gasteiger partial charge in [-0.15, -0.1) is 5.10 Å². The molecule has 0 amide bonds. The molecule has 6 rings (SSSR count). The molecule has 0 N–H and O–H groups in total. The maximum Gasteiger partial charge on any atom is 0.182 e. The predicted molar refractivity (Wildman–Crippen MR) is 131 cm³/mol. The van der Waals surface area contributed by atoms with E-state index in [1.54, 1.807) is 17.0 Å². The third kappa shape index (κ3) is 3.47. The minimum Gasteiger partial charge on any atom is -0.488 e. The second-order valence-corrected chi connectivity index (χ2v) is 8.28. The Kier molecular flexibility index (Phi) is 4.80. The lowest BCUT2D eigenvalue weighted by Crippen LogP contribution is -1.99. The maximum atomic E-state index is 6.08. The molecule has 0 saturated carbocycles. The van der Waals surface area contributed by atoms with Crippen LogP contribution in [-0.2, 0) is 6.61 Å². The van der Waals surface area contributed by atoms with Gasteiger partial charge in [-0.1, -0.05) is 60.7 Å². The van der Waals surface area contributed by atoms with Crippen LogP contribution in [0.4, 0.5) is 0 Å². The minimum atomic E-state index is 0.508. The van der Waals surface area contributed by atoms with Gasteiger partial charge in [0.25, 0.3) is 0 Å². The van der Waals surface area contributed by atoms with Crippen LogP contribution in [0.2, 0.25) is 0 Å². The Morgan fingerprint density at radius 1 is 0.824 bits per heavy atom. The average molecular weight is 447 g/mol. The summed E-state index contributed by atoms with van der Waals surface area (Å²) in [5.74, 6) is 1.59. The van der Waals surface area contributed by atoms with E-state index in [0.29, 0.717) is 12.4 Å². The Balaban J connectivity index is 1.28. The van der Waals surface area contributed by atoms with Gasteiger partial charge in [-0.2, -0.15) is 5.10 Å². The van der Waals surface area contributed by atoms with Gasteiger partial charge in [-0.25, -0.2) is 19.2 Å². The lowest BCUT2D eigenvalue weighted by molar-refractivity contribution is 0.302. The van der Waals surface area contributed by atoms with Crippen molar-refractivity contribution in [2.24, 2.45) is 0 Å². The number of fused-ring (bicyclic) bond motifs is 3. The molecule has 7 heteroatoms. The van der Waals surface area contributed by atoms with E-state index in [4.69, 9.17) is 9.72 Å². The molecule has 0 fully saturated rings. The van der Waals surface area contributed by atoms with Crippen molar-refractivity contribution in [3.8, 4) is 22.8 Å². The Hall–Kier alpha value is -4.52. The predicted octanol–water partition coefficient (Wildman–Crippen LogP) is 5.33. The molecule has 0 spiro atoms. The summed E-state index contributed by atoms with van der Waals surface area (Å²) in [5.41, 5.74) is 6.72. The van der Waals surface area contributed by atoms with Crippen molar-refractivity contribution in [3.05, 3.63) is 102 Å². The number of aryl methyl sites for hydroxylation is 2. The zero-order valence-corrected chi connectivity index (χ0v) is 18.9. The van der Waals surface area contributed by atoms with Crippen LogP contribution in [0.3, 0.4) is 0 Å². The Morgan fingerprint density at radius 3 is 2.35 bits per heavy atom. The highest BCUT2D eigenvalue weighted by Crippen LogP contribution is 2.25. The van der Waals surface area contributed by atoms with E-state index in [0.717, 1.165) is 50.4 Å². The second-order valence-electron chi connectivity index (χ2n) is 8.28. The van der Waals surface area contributed by atoms with Crippen molar-refractivity contribution >= 4 is 16.7 Å². The van der Waals surface area contributed by atoms with Crippen molar-refractivity contribution < 1.29 is 4.74 Å². The molecule has 0 aliphatic rings. The van der Waals surface area contributed by atoms with Gasteiger partial charge >= 0.3 is 0 Å². The fourth-order valence-electron chi connectivity index (χ4n) is 4.13. The van der Waals surface area contributed by atoms with Crippen molar-refractivity contribution in [2.75, 3.05) is 0 Å². The van der Waals surface area contributed by atoms with Gasteiger partial charge in [-0.05, 0) is 42.7 Å². The van der Waals surface area contributed by atoms with Gasteiger partial charge in [0, 0.05) is 5.56 Å². The quantitative estimate of drug-likeness (QED) is 0.358. The third-order valence-electron chi connectivity index (χ3n) is 5.91. The summed E-state index contributed by atoms with van der Waals surface area (Å²) in [4.78, 5) is 9.37. The van der Waals surface area contributed by atoms with Gasteiger partial charge in [-0.3, -0.25) is 0 Å². The molecule has 0 atom stereocenters. The number of ether oxygens (including phenoxy) is 1. The molecule has 166 valence electrons. The molecular weight excluding hydrogens is 424 g/mol. The summed E-state index contributed by atoms with van der Waals surface area (Å²) < 4.78 is 9.60. The molecule has 34 heavy (non-hydrogen) atoms. The fraction of sp³-hybridized carbons (Fsp3) is 0.111. The molecule has 3 aromatic heterocycles. The van der Waals surface area contributed by atoms with E-state index >= 15 is 0 Å². The summed E-state index contributed by atoms with van der Waals surface area (Å²) in [6.07, 6.45) is 3.47. The number of para-hydroxylation sites is 2. The van der Waals surface area contributed by atoms with E-state index in [2.05, 4.69) is 53.3 Å². The molecule has 0 radical (unpaired) electrons. The number of hydrogen-bond donors (Lipinski definition) is 0. The summed E-state index contributed by atoms with van der Waals surface area (Å²) in [7, 11) is 0. The molecule has 3 aromatic carbocycles. The Labute approximate surface area is 196 Å². The molecule has 0 aliphatic heterocycles. The highest BCUT2D eigenvalue weighted by atomic mass is 16.5. The summed E-state index contributed by atoms with van der Waals surface area (Å²) in [6.45, 7) is 4.64. The van der Waals surface area contributed by atoms with Crippen LogP contribution in [0.5, 0.6) is 5.75 Å². The van der Waals surface area contributed by atoms with Crippen molar-refractivity contribution in [3.63, 3.8) is 0 Å². The fourth-order valence-corrected chi connectivity index (χ4v) is 4.13. The van der Waals surface area contributed by atoms with Crippen LogP contribution >= 0.6 is 0 Å². The number of nitrogens with zero attached hydrogens (tertiary/aromatic N) is 6. The van der Waals surface area contributed by atoms with Crippen LogP contribution < -0.4 is 4.74 Å². The topological polar surface area (TPSA) is 70.1 Å². The van der Waals surface area contributed by atoms with Crippen molar-refractivity contribution in [1.82, 2.24) is 29.4 Å². The molecule has 0 unspecified atom stereocenters. The molecule has 6 aromatic rings. The first-order valence-electron chi connectivity index (χ1n) is 11.1. The lowest BCUT2D eigenvalue weighted by Gasteiger charge is -2.12. The van der Waals surface area contributed by atoms with Gasteiger partial charge < -0.3 is 4.74 Å². The monoisotopic (exact) mass is 446 g/mol. The maximum absolute atomic E-state index is 6.08. The number of aromatic nitrogens is 6. The summed E-state index contributed by atoms with van der Waals surface area (Å²) >= 11 is 0. The van der Waals surface area contributed by atoms with Gasteiger partial charge in [0.15, 0.2) is 17.1 Å². The second kappa shape index (κ2) is 8.12. The first-order valence-corrected chi connectivity index (χ1v) is 11.1. The zero-order valence-electron chi connectivity index (χ0n) is 18.9. The van der Waals surface area contributed by atoms with Crippen LogP contribution in [0.15, 0.2) is 85.3 Å². The number of rotatable bonds is 5. The Bertz CT molecular complexity index is 1600. The van der Waals surface area contributed by atoms with E-state index in [1.807, 2.05) is 53.2 Å². The highest BCUT2D eigenvalue weighted by Gasteiger charge is 2.14. The van der Waals surface area contributed by atoms with Gasteiger partial charge in [0.05, 0.1) is 17.3 Å². The standard InChI is InChI=1S/C27H22N6O/c1-18-7-6-8-19(2)24(18)34-16-20-11-13-21(14-12-20)25-30-27-23-15-29-33(22-9-4-3-5-10-22)26(23)28-17-32(27)31-25/h3-15,17H,16H2,1-2H3. The third-order valence-corrected chi connectivity index (χ3v) is 5.91. The normalized spacial score (nSPS) is 11.4. The van der Waals surface area contributed by atoms with Crippen LogP contribution in [0, 0.1) is 13.8 Å². The zero-order chi connectivity index (χ0) is 23.1. The van der Waals surface area contributed by atoms with Gasteiger partial charge in [0.1, 0.15) is 18.7 Å². The number of hydrogen-bond acceptors (Lipinski definition) is 5. The average Bonchev–Trinajstić information content (AvgIpc) is 3.49. The molecule has 7 nitrogen and oxygen atoms in total. The minimum absolute atomic E-state index is 0.508. The van der Waals surface area contributed by atoms with Crippen molar-refractivity contribution in [1.29, 1.82) is 0 Å². The van der Waals surface area contributed by atoms with Crippen molar-refractivity contribution in [2.45, 2.75) is 20.5 Å². The van der Waals surface area contributed by atoms with E-state index in [1.165, 1.54) is 0 Å². The largest absolute Gasteiger partial charge is 0.488 e. The highest BCUT2D eigenvalue weighted by molar-refractivity contribution is 5.89. The molecular formula is C27H22N6O.